The molecule has 0 unspecified atom stereocenters. The highest BCUT2D eigenvalue weighted by molar-refractivity contribution is 5.85. The van der Waals surface area contributed by atoms with E-state index in [0.717, 1.165) is 0 Å². The number of esters is 2. The molecule has 1 aromatic rings. The lowest BCUT2D eigenvalue weighted by Crippen LogP contribution is -2.10. The summed E-state index contributed by atoms with van der Waals surface area (Å²) in [6.45, 7) is 1.18. The van der Waals surface area contributed by atoms with Crippen LogP contribution in [0.1, 0.15) is 12.7 Å². The quantitative estimate of drug-likeness (QED) is 0.486. The van der Waals surface area contributed by atoms with Crippen molar-refractivity contribution in [3.05, 3.63) is 24.2 Å². The van der Waals surface area contributed by atoms with Crippen LogP contribution in [-0.4, -0.2) is 11.9 Å². The molecule has 0 aromatic carbocycles. The number of ether oxygens (including phenoxy) is 1. The molecule has 1 heterocycles. The Morgan fingerprint density at radius 1 is 1.58 bits per heavy atom. The average molecular weight is 168 g/mol. The van der Waals surface area contributed by atoms with Crippen LogP contribution < -0.4 is 0 Å². The monoisotopic (exact) mass is 168 g/mol. The fourth-order valence-corrected chi connectivity index (χ4v) is 0.752. The van der Waals surface area contributed by atoms with Crippen molar-refractivity contribution in [1.82, 2.24) is 0 Å². The van der Waals surface area contributed by atoms with E-state index < -0.39 is 11.9 Å². The zero-order valence-corrected chi connectivity index (χ0v) is 6.57. The Hall–Kier alpha value is -1.58. The third kappa shape index (κ3) is 2.57. The van der Waals surface area contributed by atoms with E-state index in [2.05, 4.69) is 4.74 Å². The topological polar surface area (TPSA) is 56.5 Å². The molecule has 0 fully saturated rings. The summed E-state index contributed by atoms with van der Waals surface area (Å²) in [5.41, 5.74) is 0. The minimum atomic E-state index is -0.605. The predicted molar refractivity (Wildman–Crippen MR) is 39.2 cm³/mol. The molecule has 1 aromatic heterocycles. The smallest absolute Gasteiger partial charge is 0.321 e. The molecule has 0 N–H and O–H groups in total. The molecule has 0 aliphatic heterocycles. The first-order chi connectivity index (χ1) is 5.68. The summed E-state index contributed by atoms with van der Waals surface area (Å²) in [5.74, 6) is -0.717. The van der Waals surface area contributed by atoms with E-state index in [1.165, 1.54) is 13.2 Å². The predicted octanol–water partition coefficient (Wildman–Crippen LogP) is 0.912. The summed E-state index contributed by atoms with van der Waals surface area (Å²) in [4.78, 5) is 21.1. The summed E-state index contributed by atoms with van der Waals surface area (Å²) in [5, 5.41) is 0. The standard InChI is InChI=1S/C8H8O4/c1-6(9)12-8(10)5-7-3-2-4-11-7/h2-4H,5H2,1H3. The molecule has 0 saturated heterocycles. The van der Waals surface area contributed by atoms with Gasteiger partial charge in [-0.05, 0) is 12.1 Å². The normalized spacial score (nSPS) is 9.42. The highest BCUT2D eigenvalue weighted by atomic mass is 16.6. The van der Waals surface area contributed by atoms with Crippen LogP contribution in [0, 0.1) is 0 Å². The van der Waals surface area contributed by atoms with Gasteiger partial charge in [0.05, 0.1) is 6.26 Å². The Bertz CT molecular complexity index is 273. The lowest BCUT2D eigenvalue weighted by Gasteiger charge is -1.95. The van der Waals surface area contributed by atoms with Crippen LogP contribution in [0.25, 0.3) is 0 Å². The van der Waals surface area contributed by atoms with Crippen LogP contribution in [0.3, 0.4) is 0 Å². The fraction of sp³-hybridized carbons (Fsp3) is 0.250. The second kappa shape index (κ2) is 3.71. The molecule has 0 radical (unpaired) electrons. The van der Waals surface area contributed by atoms with Gasteiger partial charge in [-0.3, -0.25) is 9.59 Å². The van der Waals surface area contributed by atoms with Crippen LogP contribution in [0.4, 0.5) is 0 Å². The minimum absolute atomic E-state index is 0.00736. The van der Waals surface area contributed by atoms with E-state index in [-0.39, 0.29) is 6.42 Å². The van der Waals surface area contributed by atoms with Crippen molar-refractivity contribution in [2.24, 2.45) is 0 Å². The van der Waals surface area contributed by atoms with Crippen molar-refractivity contribution in [3.63, 3.8) is 0 Å². The molecule has 0 saturated carbocycles. The molecule has 1 rings (SSSR count). The number of hydrogen-bond acceptors (Lipinski definition) is 4. The van der Waals surface area contributed by atoms with E-state index >= 15 is 0 Å². The summed E-state index contributed by atoms with van der Waals surface area (Å²) in [6, 6.07) is 3.30. The number of rotatable bonds is 2. The molecule has 0 atom stereocenters. The first kappa shape index (κ1) is 8.52. The number of hydrogen-bond donors (Lipinski definition) is 0. The summed E-state index contributed by atoms with van der Waals surface area (Å²) in [7, 11) is 0. The second-order valence-electron chi connectivity index (χ2n) is 2.22. The molecule has 0 amide bonds. The Balaban J connectivity index is 2.42. The van der Waals surface area contributed by atoms with Crippen LogP contribution in [0.15, 0.2) is 22.8 Å². The first-order valence-corrected chi connectivity index (χ1v) is 3.42. The van der Waals surface area contributed by atoms with E-state index in [1.807, 2.05) is 0 Å². The van der Waals surface area contributed by atoms with Crippen molar-refractivity contribution < 1.29 is 18.7 Å². The number of carbonyl (C=O) groups excluding carboxylic acids is 2. The maximum absolute atomic E-state index is 10.8. The largest absolute Gasteiger partial charge is 0.469 e. The lowest BCUT2D eigenvalue weighted by molar-refractivity contribution is -0.157. The van der Waals surface area contributed by atoms with Gasteiger partial charge in [0, 0.05) is 6.92 Å². The Labute approximate surface area is 69.1 Å². The molecule has 0 aliphatic rings. The van der Waals surface area contributed by atoms with E-state index in [0.29, 0.717) is 5.76 Å². The zero-order chi connectivity index (χ0) is 8.97. The van der Waals surface area contributed by atoms with Crippen molar-refractivity contribution in [2.45, 2.75) is 13.3 Å². The van der Waals surface area contributed by atoms with E-state index in [1.54, 1.807) is 12.1 Å². The van der Waals surface area contributed by atoms with Gasteiger partial charge in [-0.2, -0.15) is 0 Å². The van der Waals surface area contributed by atoms with E-state index in [4.69, 9.17) is 4.42 Å². The average Bonchev–Trinajstić information content (AvgIpc) is 2.37. The van der Waals surface area contributed by atoms with Gasteiger partial charge in [0.15, 0.2) is 0 Å². The van der Waals surface area contributed by atoms with Gasteiger partial charge < -0.3 is 9.15 Å². The van der Waals surface area contributed by atoms with Gasteiger partial charge in [0.25, 0.3) is 0 Å². The van der Waals surface area contributed by atoms with Gasteiger partial charge in [0.1, 0.15) is 12.2 Å². The van der Waals surface area contributed by atoms with Crippen molar-refractivity contribution in [3.8, 4) is 0 Å². The molecule has 0 bridgehead atoms. The van der Waals surface area contributed by atoms with Crippen molar-refractivity contribution in [2.75, 3.05) is 0 Å². The molecule has 4 nitrogen and oxygen atoms in total. The van der Waals surface area contributed by atoms with E-state index in [9.17, 15) is 9.59 Å². The zero-order valence-electron chi connectivity index (χ0n) is 6.57. The molecule has 0 spiro atoms. The fourth-order valence-electron chi connectivity index (χ4n) is 0.752. The number of carbonyl (C=O) groups is 2. The Morgan fingerprint density at radius 3 is 2.83 bits per heavy atom. The maximum Gasteiger partial charge on any atom is 0.321 e. The van der Waals surface area contributed by atoms with Crippen LogP contribution in [0.5, 0.6) is 0 Å². The van der Waals surface area contributed by atoms with Gasteiger partial charge in [-0.25, -0.2) is 0 Å². The second-order valence-corrected chi connectivity index (χ2v) is 2.22. The van der Waals surface area contributed by atoms with Crippen molar-refractivity contribution in [1.29, 1.82) is 0 Å². The summed E-state index contributed by atoms with van der Waals surface area (Å²) < 4.78 is 9.16. The highest BCUT2D eigenvalue weighted by Gasteiger charge is 2.08. The van der Waals surface area contributed by atoms with Crippen LogP contribution in [-0.2, 0) is 20.7 Å². The third-order valence-corrected chi connectivity index (χ3v) is 1.16. The van der Waals surface area contributed by atoms with Crippen LogP contribution in [0.2, 0.25) is 0 Å². The molecular formula is C8H8O4. The molecule has 0 aliphatic carbocycles. The summed E-state index contributed by atoms with van der Waals surface area (Å²) in [6.07, 6.45) is 1.45. The highest BCUT2D eigenvalue weighted by Crippen LogP contribution is 2.01. The molecule has 64 valence electrons. The van der Waals surface area contributed by atoms with Crippen LogP contribution >= 0.6 is 0 Å². The SMILES string of the molecule is CC(=O)OC(=O)Cc1ccco1. The number of furan rings is 1. The minimum Gasteiger partial charge on any atom is -0.469 e. The van der Waals surface area contributed by atoms with Crippen molar-refractivity contribution >= 4 is 11.9 Å². The molecule has 12 heavy (non-hydrogen) atoms. The molecular weight excluding hydrogens is 160 g/mol. The lowest BCUT2D eigenvalue weighted by atomic mass is 10.3. The Kier molecular flexibility index (Phi) is 2.63. The summed E-state index contributed by atoms with van der Waals surface area (Å²) >= 11 is 0. The van der Waals surface area contributed by atoms with Gasteiger partial charge >= 0.3 is 11.9 Å². The maximum atomic E-state index is 10.8. The Morgan fingerprint density at radius 2 is 2.33 bits per heavy atom. The third-order valence-electron chi connectivity index (χ3n) is 1.16. The molecule has 4 heteroatoms. The first-order valence-electron chi connectivity index (χ1n) is 3.42. The van der Waals surface area contributed by atoms with Gasteiger partial charge in [-0.15, -0.1) is 0 Å². The van der Waals surface area contributed by atoms with Gasteiger partial charge in [-0.1, -0.05) is 0 Å². The van der Waals surface area contributed by atoms with Gasteiger partial charge in [0.2, 0.25) is 0 Å².